The van der Waals surface area contributed by atoms with E-state index in [0.29, 0.717) is 10.9 Å². The van der Waals surface area contributed by atoms with Crippen LogP contribution in [0.15, 0.2) is 5.38 Å². The van der Waals surface area contributed by atoms with Gasteiger partial charge in [0.25, 0.3) is 0 Å². The van der Waals surface area contributed by atoms with E-state index in [-0.39, 0.29) is 5.78 Å². The Hall–Kier alpha value is -0.700. The zero-order valence-corrected chi connectivity index (χ0v) is 8.44. The average Bonchev–Trinajstić information content (AvgIpc) is 2.34. The molecule has 1 rings (SSSR count). The van der Waals surface area contributed by atoms with Crippen molar-refractivity contribution in [2.24, 2.45) is 5.92 Å². The van der Waals surface area contributed by atoms with Crippen molar-refractivity contribution in [3.8, 4) is 0 Å². The molecule has 1 aromatic rings. The van der Waals surface area contributed by atoms with E-state index in [1.165, 1.54) is 11.3 Å². The summed E-state index contributed by atoms with van der Waals surface area (Å²) in [5.41, 5.74) is 1.04. The van der Waals surface area contributed by atoms with Crippen molar-refractivity contribution in [2.45, 2.75) is 27.2 Å². The summed E-state index contributed by atoms with van der Waals surface area (Å²) in [6.07, 6.45) is 0.962. The van der Waals surface area contributed by atoms with Crippen molar-refractivity contribution in [2.75, 3.05) is 0 Å². The van der Waals surface area contributed by atoms with Gasteiger partial charge in [-0.1, -0.05) is 13.8 Å². The summed E-state index contributed by atoms with van der Waals surface area (Å²) in [4.78, 5) is 15.1. The first kappa shape index (κ1) is 9.39. The minimum atomic E-state index is 0.0648. The lowest BCUT2D eigenvalue weighted by Gasteiger charge is -1.98. The first-order valence-electron chi connectivity index (χ1n) is 4.05. The Kier molecular flexibility index (Phi) is 2.98. The van der Waals surface area contributed by atoms with Gasteiger partial charge in [0.2, 0.25) is 0 Å². The summed E-state index contributed by atoms with van der Waals surface area (Å²) in [6.45, 7) is 5.84. The third-order valence-corrected chi connectivity index (χ3v) is 2.46. The maximum absolute atomic E-state index is 10.9. The van der Waals surface area contributed by atoms with Gasteiger partial charge in [0.1, 0.15) is 0 Å². The predicted octanol–water partition coefficient (Wildman–Crippen LogP) is 2.54. The van der Waals surface area contributed by atoms with E-state index < -0.39 is 0 Å². The second-order valence-corrected chi connectivity index (χ2v) is 4.16. The van der Waals surface area contributed by atoms with Crippen LogP contribution in [0.25, 0.3) is 0 Å². The minimum Gasteiger partial charge on any atom is -0.292 e. The molecule has 0 saturated heterocycles. The molecule has 1 aromatic heterocycles. The van der Waals surface area contributed by atoms with Crippen LogP contribution in [0.3, 0.4) is 0 Å². The molecular formula is C9H13NOS. The summed E-state index contributed by atoms with van der Waals surface area (Å²) >= 11 is 1.44. The van der Waals surface area contributed by atoms with Crippen molar-refractivity contribution in [1.82, 2.24) is 4.98 Å². The quantitative estimate of drug-likeness (QED) is 0.674. The molecule has 0 N–H and O–H groups in total. The number of thiazole rings is 1. The first-order chi connectivity index (χ1) is 5.59. The molecule has 0 aliphatic carbocycles. The molecule has 0 saturated carbocycles. The number of carbonyl (C=O) groups excluding carboxylic acids is 1. The largest absolute Gasteiger partial charge is 0.292 e. The molecule has 2 nitrogen and oxygen atoms in total. The second kappa shape index (κ2) is 3.81. The van der Waals surface area contributed by atoms with Gasteiger partial charge in [-0.15, -0.1) is 11.3 Å². The van der Waals surface area contributed by atoms with E-state index >= 15 is 0 Å². The Balaban J connectivity index is 2.71. The number of rotatable bonds is 3. The summed E-state index contributed by atoms with van der Waals surface area (Å²) in [7, 11) is 0. The smallest absolute Gasteiger partial charge is 0.188 e. The second-order valence-electron chi connectivity index (χ2n) is 3.30. The van der Waals surface area contributed by atoms with Gasteiger partial charge in [0, 0.05) is 12.3 Å². The fourth-order valence-corrected chi connectivity index (χ4v) is 1.71. The molecule has 0 unspecified atom stereocenters. The minimum absolute atomic E-state index is 0.0648. The molecule has 0 bridgehead atoms. The van der Waals surface area contributed by atoms with Crippen LogP contribution in [0, 0.1) is 5.92 Å². The van der Waals surface area contributed by atoms with Gasteiger partial charge in [-0.2, -0.15) is 0 Å². The van der Waals surface area contributed by atoms with Crippen LogP contribution in [-0.2, 0) is 6.42 Å². The van der Waals surface area contributed by atoms with E-state index in [1.807, 2.05) is 5.38 Å². The maximum atomic E-state index is 10.9. The van der Waals surface area contributed by atoms with Gasteiger partial charge in [-0.25, -0.2) is 4.98 Å². The van der Waals surface area contributed by atoms with Crippen molar-refractivity contribution in [3.63, 3.8) is 0 Å². The third-order valence-electron chi connectivity index (χ3n) is 1.47. The van der Waals surface area contributed by atoms with Crippen LogP contribution >= 0.6 is 11.3 Å². The molecule has 0 radical (unpaired) electrons. The highest BCUT2D eigenvalue weighted by atomic mass is 32.1. The molecule has 0 spiro atoms. The molecule has 12 heavy (non-hydrogen) atoms. The number of ketones is 1. The molecule has 0 atom stereocenters. The first-order valence-corrected chi connectivity index (χ1v) is 4.93. The van der Waals surface area contributed by atoms with Crippen molar-refractivity contribution >= 4 is 17.1 Å². The Bertz CT molecular complexity index is 278. The van der Waals surface area contributed by atoms with Crippen molar-refractivity contribution in [1.29, 1.82) is 0 Å². The topological polar surface area (TPSA) is 30.0 Å². The normalized spacial score (nSPS) is 10.7. The van der Waals surface area contributed by atoms with Gasteiger partial charge in [-0.05, 0) is 12.3 Å². The van der Waals surface area contributed by atoms with Gasteiger partial charge in [0.05, 0.1) is 5.69 Å². The van der Waals surface area contributed by atoms with E-state index in [4.69, 9.17) is 0 Å². The van der Waals surface area contributed by atoms with Crippen LogP contribution in [0.4, 0.5) is 0 Å². The summed E-state index contributed by atoms with van der Waals surface area (Å²) in [6, 6.07) is 0. The average molecular weight is 183 g/mol. The van der Waals surface area contributed by atoms with Crippen LogP contribution in [0.5, 0.6) is 0 Å². The van der Waals surface area contributed by atoms with Crippen LogP contribution < -0.4 is 0 Å². The van der Waals surface area contributed by atoms with Crippen LogP contribution in [-0.4, -0.2) is 10.8 Å². The molecule has 0 amide bonds. The Morgan fingerprint density at radius 3 is 2.75 bits per heavy atom. The van der Waals surface area contributed by atoms with E-state index in [2.05, 4.69) is 18.8 Å². The molecule has 1 heterocycles. The van der Waals surface area contributed by atoms with Gasteiger partial charge >= 0.3 is 0 Å². The monoisotopic (exact) mass is 183 g/mol. The Morgan fingerprint density at radius 1 is 1.67 bits per heavy atom. The highest BCUT2D eigenvalue weighted by Crippen LogP contribution is 2.13. The molecule has 0 aliphatic heterocycles. The Labute approximate surface area is 76.6 Å². The summed E-state index contributed by atoms with van der Waals surface area (Å²) in [5.74, 6) is 0.668. The molecule has 0 aromatic carbocycles. The standard InChI is InChI=1S/C9H13NOS/c1-6(2)4-8-5-12-9(10-8)7(3)11/h5-6H,4H2,1-3H3. The fourth-order valence-electron chi connectivity index (χ4n) is 0.981. The van der Waals surface area contributed by atoms with Gasteiger partial charge in [-0.3, -0.25) is 4.79 Å². The highest BCUT2D eigenvalue weighted by molar-refractivity contribution is 7.11. The highest BCUT2D eigenvalue weighted by Gasteiger charge is 2.06. The molecule has 0 aliphatic rings. The number of nitrogens with zero attached hydrogens (tertiary/aromatic N) is 1. The van der Waals surface area contributed by atoms with Crippen LogP contribution in [0.1, 0.15) is 36.3 Å². The zero-order chi connectivity index (χ0) is 9.14. The molecule has 0 fully saturated rings. The predicted molar refractivity (Wildman–Crippen MR) is 50.7 cm³/mol. The van der Waals surface area contributed by atoms with Gasteiger partial charge in [0.15, 0.2) is 10.8 Å². The Morgan fingerprint density at radius 2 is 2.33 bits per heavy atom. The lowest BCUT2D eigenvalue weighted by atomic mass is 10.1. The molecule has 3 heteroatoms. The van der Waals surface area contributed by atoms with Crippen molar-refractivity contribution in [3.05, 3.63) is 16.1 Å². The number of hydrogen-bond acceptors (Lipinski definition) is 3. The lowest BCUT2D eigenvalue weighted by molar-refractivity contribution is 0.101. The van der Waals surface area contributed by atoms with Crippen molar-refractivity contribution < 1.29 is 4.79 Å². The van der Waals surface area contributed by atoms with E-state index in [1.54, 1.807) is 6.92 Å². The number of hydrogen-bond donors (Lipinski definition) is 0. The lowest BCUT2D eigenvalue weighted by Crippen LogP contribution is -1.96. The van der Waals surface area contributed by atoms with Gasteiger partial charge < -0.3 is 0 Å². The zero-order valence-electron chi connectivity index (χ0n) is 7.63. The number of Topliss-reactive ketones (excluding diaryl/α,β-unsaturated/α-hetero) is 1. The summed E-state index contributed by atoms with van der Waals surface area (Å²) in [5, 5.41) is 2.60. The third kappa shape index (κ3) is 2.41. The molecule has 66 valence electrons. The molecular weight excluding hydrogens is 170 g/mol. The fraction of sp³-hybridized carbons (Fsp3) is 0.556. The SMILES string of the molecule is CC(=O)c1nc(CC(C)C)cs1. The van der Waals surface area contributed by atoms with Crippen LogP contribution in [0.2, 0.25) is 0 Å². The number of aromatic nitrogens is 1. The van der Waals surface area contributed by atoms with E-state index in [9.17, 15) is 4.79 Å². The van der Waals surface area contributed by atoms with E-state index in [0.717, 1.165) is 12.1 Å². The number of carbonyl (C=O) groups is 1. The summed E-state index contributed by atoms with van der Waals surface area (Å²) < 4.78 is 0. The maximum Gasteiger partial charge on any atom is 0.188 e.